The van der Waals surface area contributed by atoms with Crippen LogP contribution >= 0.6 is 0 Å². The molecule has 1 aromatic carbocycles. The molecule has 1 aliphatic rings. The number of carbonyl (C=O) groups is 1. The van der Waals surface area contributed by atoms with Gasteiger partial charge in [-0.15, -0.1) is 0 Å². The predicted molar refractivity (Wildman–Crippen MR) is 70.0 cm³/mol. The topological polar surface area (TPSA) is 20.3 Å². The lowest BCUT2D eigenvalue weighted by Crippen LogP contribution is -2.50. The van der Waals surface area contributed by atoms with Crippen molar-refractivity contribution in [2.45, 2.75) is 32.7 Å². The van der Waals surface area contributed by atoms with Crippen LogP contribution in [0.4, 0.5) is 0 Å². The molecular formula is C15H21NO. The molecule has 0 unspecified atom stereocenters. The Morgan fingerprint density at radius 2 is 1.94 bits per heavy atom. The molecule has 0 bridgehead atoms. The first kappa shape index (κ1) is 12.3. The third kappa shape index (κ3) is 3.40. The average Bonchev–Trinajstić information content (AvgIpc) is 2.23. The van der Waals surface area contributed by atoms with E-state index in [1.165, 1.54) is 0 Å². The summed E-state index contributed by atoms with van der Waals surface area (Å²) in [5, 5.41) is 0. The molecule has 0 amide bonds. The van der Waals surface area contributed by atoms with Crippen LogP contribution in [-0.4, -0.2) is 29.8 Å². The van der Waals surface area contributed by atoms with E-state index in [1.807, 2.05) is 30.3 Å². The lowest BCUT2D eigenvalue weighted by Gasteiger charge is -2.41. The van der Waals surface area contributed by atoms with E-state index in [1.54, 1.807) is 0 Å². The molecule has 92 valence electrons. The van der Waals surface area contributed by atoms with Gasteiger partial charge in [-0.2, -0.15) is 0 Å². The van der Waals surface area contributed by atoms with Crippen LogP contribution in [0.15, 0.2) is 30.3 Å². The third-order valence-corrected chi connectivity index (χ3v) is 3.48. The van der Waals surface area contributed by atoms with Gasteiger partial charge in [0, 0.05) is 32.0 Å². The van der Waals surface area contributed by atoms with Crippen molar-refractivity contribution < 1.29 is 4.79 Å². The van der Waals surface area contributed by atoms with Crippen LogP contribution in [-0.2, 0) is 11.2 Å². The summed E-state index contributed by atoms with van der Waals surface area (Å²) in [5.74, 6) is 0.971. The van der Waals surface area contributed by atoms with Crippen LogP contribution in [0.1, 0.15) is 25.8 Å². The number of ketones is 1. The largest absolute Gasteiger partial charge is 0.300 e. The number of likely N-dealkylation sites (tertiary alicyclic amines) is 1. The summed E-state index contributed by atoms with van der Waals surface area (Å²) in [6.07, 6.45) is 1.34. The fraction of sp³-hybridized carbons (Fsp3) is 0.533. The van der Waals surface area contributed by atoms with E-state index in [-0.39, 0.29) is 0 Å². The van der Waals surface area contributed by atoms with E-state index in [0.717, 1.165) is 25.1 Å². The monoisotopic (exact) mass is 231 g/mol. The molecule has 2 nitrogen and oxygen atoms in total. The summed E-state index contributed by atoms with van der Waals surface area (Å²) < 4.78 is 0. The highest BCUT2D eigenvalue weighted by molar-refractivity contribution is 5.81. The van der Waals surface area contributed by atoms with Gasteiger partial charge < -0.3 is 4.90 Å². The minimum Gasteiger partial charge on any atom is -0.300 e. The van der Waals surface area contributed by atoms with Gasteiger partial charge in [0.25, 0.3) is 0 Å². The number of nitrogens with zero attached hydrogens (tertiary/aromatic N) is 1. The SMILES string of the molecule is CC(C)N1CC(CC(=O)Cc2ccccc2)C1. The summed E-state index contributed by atoms with van der Waals surface area (Å²) >= 11 is 0. The van der Waals surface area contributed by atoms with E-state index >= 15 is 0 Å². The summed E-state index contributed by atoms with van der Waals surface area (Å²) in [6.45, 7) is 6.61. The summed E-state index contributed by atoms with van der Waals surface area (Å²) in [7, 11) is 0. The normalized spacial score (nSPS) is 17.1. The number of hydrogen-bond acceptors (Lipinski definition) is 2. The van der Waals surface area contributed by atoms with Crippen LogP contribution in [0, 0.1) is 5.92 Å². The second-order valence-corrected chi connectivity index (χ2v) is 5.32. The van der Waals surface area contributed by atoms with Gasteiger partial charge in [-0.3, -0.25) is 4.79 Å². The third-order valence-electron chi connectivity index (χ3n) is 3.48. The molecule has 1 aromatic rings. The smallest absolute Gasteiger partial charge is 0.137 e. The van der Waals surface area contributed by atoms with Gasteiger partial charge in [0.1, 0.15) is 5.78 Å². The Morgan fingerprint density at radius 1 is 1.29 bits per heavy atom. The maximum absolute atomic E-state index is 11.9. The Balaban J connectivity index is 1.73. The molecule has 0 radical (unpaired) electrons. The van der Waals surface area contributed by atoms with Gasteiger partial charge in [0.15, 0.2) is 0 Å². The zero-order valence-electron chi connectivity index (χ0n) is 10.7. The van der Waals surface area contributed by atoms with E-state index in [9.17, 15) is 4.79 Å². The Labute approximate surface area is 104 Å². The number of Topliss-reactive ketones (excluding diaryl/α,β-unsaturated/α-hetero) is 1. The molecule has 0 aliphatic carbocycles. The maximum Gasteiger partial charge on any atom is 0.137 e. The first-order valence-electron chi connectivity index (χ1n) is 6.45. The van der Waals surface area contributed by atoms with Gasteiger partial charge in [0.2, 0.25) is 0 Å². The fourth-order valence-corrected chi connectivity index (χ4v) is 2.38. The summed E-state index contributed by atoms with van der Waals surface area (Å²) in [5.41, 5.74) is 1.14. The minimum atomic E-state index is 0.379. The second kappa shape index (κ2) is 5.46. The Morgan fingerprint density at radius 3 is 2.53 bits per heavy atom. The summed E-state index contributed by atoms with van der Waals surface area (Å²) in [6, 6.07) is 10.6. The quantitative estimate of drug-likeness (QED) is 0.776. The first-order valence-corrected chi connectivity index (χ1v) is 6.45. The van der Waals surface area contributed by atoms with Gasteiger partial charge in [0.05, 0.1) is 0 Å². The molecule has 0 atom stereocenters. The molecule has 0 aromatic heterocycles. The standard InChI is InChI=1S/C15H21NO/c1-12(2)16-10-14(11-16)9-15(17)8-13-6-4-3-5-7-13/h3-7,12,14H,8-11H2,1-2H3. The van der Waals surface area contributed by atoms with Crippen molar-refractivity contribution in [3.63, 3.8) is 0 Å². The number of benzene rings is 1. The lowest BCUT2D eigenvalue weighted by molar-refractivity contribution is -0.120. The fourth-order valence-electron chi connectivity index (χ4n) is 2.38. The maximum atomic E-state index is 11.9. The van der Waals surface area contributed by atoms with Crippen LogP contribution in [0.25, 0.3) is 0 Å². The van der Waals surface area contributed by atoms with Gasteiger partial charge in [-0.25, -0.2) is 0 Å². The molecule has 1 heterocycles. The summed E-state index contributed by atoms with van der Waals surface area (Å²) in [4.78, 5) is 14.3. The molecule has 1 saturated heterocycles. The molecule has 2 heteroatoms. The van der Waals surface area contributed by atoms with Crippen molar-refractivity contribution in [1.29, 1.82) is 0 Å². The predicted octanol–water partition coefficient (Wildman–Crippen LogP) is 2.53. The van der Waals surface area contributed by atoms with Crippen molar-refractivity contribution in [2.75, 3.05) is 13.1 Å². The van der Waals surface area contributed by atoms with Crippen molar-refractivity contribution in [3.8, 4) is 0 Å². The molecule has 0 N–H and O–H groups in total. The van der Waals surface area contributed by atoms with Gasteiger partial charge >= 0.3 is 0 Å². The van der Waals surface area contributed by atoms with Crippen molar-refractivity contribution >= 4 is 5.78 Å². The molecule has 17 heavy (non-hydrogen) atoms. The zero-order valence-corrected chi connectivity index (χ0v) is 10.7. The van der Waals surface area contributed by atoms with Crippen molar-refractivity contribution in [2.24, 2.45) is 5.92 Å². The number of carbonyl (C=O) groups excluding carboxylic acids is 1. The molecule has 0 spiro atoms. The van der Waals surface area contributed by atoms with Crippen LogP contribution in [0.5, 0.6) is 0 Å². The molecular weight excluding hydrogens is 210 g/mol. The average molecular weight is 231 g/mol. The van der Waals surface area contributed by atoms with Crippen LogP contribution < -0.4 is 0 Å². The van der Waals surface area contributed by atoms with Crippen LogP contribution in [0.3, 0.4) is 0 Å². The highest BCUT2D eigenvalue weighted by Crippen LogP contribution is 2.22. The first-order chi connectivity index (χ1) is 8.15. The zero-order chi connectivity index (χ0) is 12.3. The molecule has 1 fully saturated rings. The highest BCUT2D eigenvalue weighted by Gasteiger charge is 2.29. The molecule has 2 rings (SSSR count). The van der Waals surface area contributed by atoms with Crippen molar-refractivity contribution in [1.82, 2.24) is 4.90 Å². The van der Waals surface area contributed by atoms with E-state index in [4.69, 9.17) is 0 Å². The second-order valence-electron chi connectivity index (χ2n) is 5.32. The highest BCUT2D eigenvalue weighted by atomic mass is 16.1. The lowest BCUT2D eigenvalue weighted by atomic mass is 9.91. The van der Waals surface area contributed by atoms with Gasteiger partial charge in [-0.05, 0) is 25.3 Å². The van der Waals surface area contributed by atoms with Crippen molar-refractivity contribution in [3.05, 3.63) is 35.9 Å². The molecule has 1 aliphatic heterocycles. The Bertz CT molecular complexity index is 366. The number of rotatable bonds is 5. The van der Waals surface area contributed by atoms with E-state index < -0.39 is 0 Å². The number of hydrogen-bond donors (Lipinski definition) is 0. The minimum absolute atomic E-state index is 0.379. The van der Waals surface area contributed by atoms with E-state index in [0.29, 0.717) is 24.2 Å². The van der Waals surface area contributed by atoms with Gasteiger partial charge in [-0.1, -0.05) is 30.3 Å². The molecule has 0 saturated carbocycles. The Hall–Kier alpha value is -1.15. The van der Waals surface area contributed by atoms with Crippen LogP contribution in [0.2, 0.25) is 0 Å². The van der Waals surface area contributed by atoms with E-state index in [2.05, 4.69) is 18.7 Å². The Kier molecular flexibility index (Phi) is 3.95.